The van der Waals surface area contributed by atoms with Crippen LogP contribution in [-0.2, 0) is 9.09 Å². The highest BCUT2D eigenvalue weighted by atomic mass is 31.2. The van der Waals surface area contributed by atoms with Crippen molar-refractivity contribution in [2.45, 2.75) is 83.3 Å². The highest BCUT2D eigenvalue weighted by Crippen LogP contribution is 2.35. The second kappa shape index (κ2) is 14.1. The second-order valence-electron chi connectivity index (χ2n) is 5.99. The maximum Gasteiger partial charge on any atom is 0.469 e. The largest absolute Gasteiger partial charge is 0.469 e. The first kappa shape index (κ1) is 22.8. The molecule has 5 N–H and O–H groups in total. The third-order valence-electron chi connectivity index (χ3n) is 3.68. The predicted octanol–water partition coefficient (Wildman–Crippen LogP) is 3.26. The van der Waals surface area contributed by atoms with Gasteiger partial charge in [-0.1, -0.05) is 70.4 Å². The minimum Gasteiger partial charge on any atom is -0.387 e. The SMILES string of the molecule is CCCCCCCCCCCC=C[C@@H](O)[C@@H](N)COP(=O)(O)O. The quantitative estimate of drug-likeness (QED) is 0.205. The maximum atomic E-state index is 10.5. The van der Waals surface area contributed by atoms with E-state index in [9.17, 15) is 9.67 Å². The zero-order valence-electron chi connectivity index (χ0n) is 14.3. The van der Waals surface area contributed by atoms with Crippen molar-refractivity contribution in [1.82, 2.24) is 0 Å². The van der Waals surface area contributed by atoms with Crippen LogP contribution in [0.25, 0.3) is 0 Å². The van der Waals surface area contributed by atoms with Crippen molar-refractivity contribution in [3.63, 3.8) is 0 Å². The van der Waals surface area contributed by atoms with Crippen LogP contribution < -0.4 is 5.73 Å². The molecule has 0 bridgehead atoms. The van der Waals surface area contributed by atoms with E-state index < -0.39 is 20.0 Å². The number of unbranched alkanes of at least 4 members (excludes halogenated alkanes) is 9. The van der Waals surface area contributed by atoms with Gasteiger partial charge in [0.05, 0.1) is 18.8 Å². The van der Waals surface area contributed by atoms with Crippen molar-refractivity contribution < 1.29 is 24.0 Å². The number of nitrogens with two attached hydrogens (primary N) is 1. The van der Waals surface area contributed by atoms with Crippen molar-refractivity contribution >= 4 is 7.82 Å². The van der Waals surface area contributed by atoms with Crippen LogP contribution in [0.4, 0.5) is 0 Å². The number of phosphoric ester groups is 1. The summed E-state index contributed by atoms with van der Waals surface area (Å²) in [6.07, 6.45) is 14.8. The summed E-state index contributed by atoms with van der Waals surface area (Å²) < 4.78 is 14.8. The molecule has 0 aliphatic carbocycles. The van der Waals surface area contributed by atoms with Gasteiger partial charge in [0.25, 0.3) is 0 Å². The molecule has 2 atom stereocenters. The number of aliphatic hydroxyl groups is 1. The third-order valence-corrected chi connectivity index (χ3v) is 4.17. The minimum atomic E-state index is -4.53. The number of rotatable bonds is 15. The van der Waals surface area contributed by atoms with Gasteiger partial charge in [-0.25, -0.2) is 4.57 Å². The van der Waals surface area contributed by atoms with Crippen LogP contribution in [0.1, 0.15) is 71.1 Å². The summed E-state index contributed by atoms with van der Waals surface area (Å²) in [7, 11) is -4.53. The summed E-state index contributed by atoms with van der Waals surface area (Å²) >= 11 is 0. The Morgan fingerprint density at radius 2 is 1.57 bits per heavy atom. The summed E-state index contributed by atoms with van der Waals surface area (Å²) in [6, 6.07) is -0.845. The first-order valence-electron chi connectivity index (χ1n) is 8.67. The topological polar surface area (TPSA) is 113 Å². The van der Waals surface area contributed by atoms with Gasteiger partial charge in [-0.2, -0.15) is 0 Å². The average Bonchev–Trinajstić information content (AvgIpc) is 2.49. The summed E-state index contributed by atoms with van der Waals surface area (Å²) in [5.74, 6) is 0. The summed E-state index contributed by atoms with van der Waals surface area (Å²) in [6.45, 7) is 1.84. The molecule has 0 aliphatic heterocycles. The molecule has 0 spiro atoms. The molecular formula is C16H34NO5P. The molecule has 6 nitrogen and oxygen atoms in total. The fraction of sp³-hybridized carbons (Fsp3) is 0.875. The van der Waals surface area contributed by atoms with E-state index in [1.807, 2.05) is 6.08 Å². The highest BCUT2D eigenvalue weighted by Gasteiger charge is 2.19. The number of aliphatic hydroxyl groups excluding tert-OH is 1. The Morgan fingerprint density at radius 1 is 1.04 bits per heavy atom. The molecule has 23 heavy (non-hydrogen) atoms. The lowest BCUT2D eigenvalue weighted by Gasteiger charge is -2.15. The number of phosphoric acid groups is 1. The van der Waals surface area contributed by atoms with Gasteiger partial charge in [0.15, 0.2) is 0 Å². The highest BCUT2D eigenvalue weighted by molar-refractivity contribution is 7.46. The van der Waals surface area contributed by atoms with E-state index in [0.717, 1.165) is 12.8 Å². The minimum absolute atomic E-state index is 0.381. The zero-order valence-corrected chi connectivity index (χ0v) is 15.2. The lowest BCUT2D eigenvalue weighted by Crippen LogP contribution is -2.37. The lowest BCUT2D eigenvalue weighted by atomic mass is 10.1. The normalized spacial score (nSPS) is 15.2. The van der Waals surface area contributed by atoms with Crippen LogP contribution in [0.3, 0.4) is 0 Å². The van der Waals surface area contributed by atoms with Crippen molar-refractivity contribution in [1.29, 1.82) is 0 Å². The molecule has 0 amide bonds. The smallest absolute Gasteiger partial charge is 0.387 e. The molecule has 0 aromatic rings. The molecule has 0 unspecified atom stereocenters. The third kappa shape index (κ3) is 16.4. The fourth-order valence-electron chi connectivity index (χ4n) is 2.23. The molecule has 0 aliphatic rings. The van der Waals surface area contributed by atoms with Gasteiger partial charge < -0.3 is 20.6 Å². The average molecular weight is 351 g/mol. The molecule has 138 valence electrons. The van der Waals surface area contributed by atoms with Crippen LogP contribution in [-0.4, -0.2) is 33.6 Å². The van der Waals surface area contributed by atoms with Crippen LogP contribution in [0, 0.1) is 0 Å². The van der Waals surface area contributed by atoms with Gasteiger partial charge in [-0.15, -0.1) is 0 Å². The Kier molecular flexibility index (Phi) is 14.0. The van der Waals surface area contributed by atoms with Crippen molar-refractivity contribution in [2.24, 2.45) is 5.73 Å². The summed E-state index contributed by atoms with van der Waals surface area (Å²) in [5, 5.41) is 9.71. The summed E-state index contributed by atoms with van der Waals surface area (Å²) in [4.78, 5) is 17.1. The first-order chi connectivity index (χ1) is 10.9. The maximum absolute atomic E-state index is 10.5. The van der Waals surface area contributed by atoms with E-state index in [2.05, 4.69) is 11.4 Å². The Hall–Kier alpha value is -0.230. The van der Waals surface area contributed by atoms with Crippen molar-refractivity contribution in [2.75, 3.05) is 6.61 Å². The molecule has 0 heterocycles. The van der Waals surface area contributed by atoms with Crippen LogP contribution in [0.15, 0.2) is 12.2 Å². The van der Waals surface area contributed by atoms with E-state index >= 15 is 0 Å². The van der Waals surface area contributed by atoms with Crippen molar-refractivity contribution in [3.05, 3.63) is 12.2 Å². The Bertz CT molecular complexity index is 345. The van der Waals surface area contributed by atoms with E-state index in [1.165, 1.54) is 51.4 Å². The van der Waals surface area contributed by atoms with E-state index in [0.29, 0.717) is 0 Å². The van der Waals surface area contributed by atoms with Gasteiger partial charge in [0.1, 0.15) is 0 Å². The molecule has 0 radical (unpaired) electrons. The molecule has 0 aromatic heterocycles. The monoisotopic (exact) mass is 351 g/mol. The molecule has 0 saturated heterocycles. The second-order valence-corrected chi connectivity index (χ2v) is 7.23. The summed E-state index contributed by atoms with van der Waals surface area (Å²) in [5.41, 5.74) is 5.59. The van der Waals surface area contributed by atoms with Gasteiger partial charge in [0, 0.05) is 0 Å². The zero-order chi connectivity index (χ0) is 17.6. The van der Waals surface area contributed by atoms with Crippen LogP contribution in [0.5, 0.6) is 0 Å². The van der Waals surface area contributed by atoms with Crippen LogP contribution >= 0.6 is 7.82 Å². The Balaban J connectivity index is 3.52. The van der Waals surface area contributed by atoms with Crippen molar-refractivity contribution in [3.8, 4) is 0 Å². The van der Waals surface area contributed by atoms with Gasteiger partial charge in [-0.05, 0) is 12.8 Å². The Labute approximate surface area is 140 Å². The molecule has 0 fully saturated rings. The fourth-order valence-corrected chi connectivity index (χ4v) is 2.60. The standard InChI is InChI=1S/C16H34NO5P/c1-2-3-4-5-6-7-8-9-10-11-12-13-16(18)15(17)14-22-23(19,20)21/h12-13,15-16,18H,2-11,14,17H2,1H3,(H2,19,20,21)/t15-,16+/m0/s1. The Morgan fingerprint density at radius 3 is 2.09 bits per heavy atom. The number of hydrogen-bond donors (Lipinski definition) is 4. The molecule has 0 saturated carbocycles. The van der Waals surface area contributed by atoms with Gasteiger partial charge >= 0.3 is 7.82 Å². The molecule has 0 aromatic carbocycles. The number of allylic oxidation sites excluding steroid dienone is 1. The molecule has 0 rings (SSSR count). The lowest BCUT2D eigenvalue weighted by molar-refractivity contribution is 0.129. The van der Waals surface area contributed by atoms with E-state index in [4.69, 9.17) is 15.5 Å². The van der Waals surface area contributed by atoms with Crippen LogP contribution in [0.2, 0.25) is 0 Å². The van der Waals surface area contributed by atoms with Gasteiger partial charge in [0.2, 0.25) is 0 Å². The predicted molar refractivity (Wildman–Crippen MR) is 93.0 cm³/mol. The molecular weight excluding hydrogens is 317 g/mol. The number of hydrogen-bond acceptors (Lipinski definition) is 4. The van der Waals surface area contributed by atoms with Gasteiger partial charge in [-0.3, -0.25) is 4.52 Å². The first-order valence-corrected chi connectivity index (χ1v) is 10.2. The molecule has 7 heteroatoms. The van der Waals surface area contributed by atoms with E-state index in [-0.39, 0.29) is 6.61 Å². The van der Waals surface area contributed by atoms with E-state index in [1.54, 1.807) is 6.08 Å².